The van der Waals surface area contributed by atoms with Gasteiger partial charge in [-0.05, 0) is 26.7 Å². The summed E-state index contributed by atoms with van der Waals surface area (Å²) in [5, 5.41) is 2.76. The zero-order valence-electron chi connectivity index (χ0n) is 15.9. The van der Waals surface area contributed by atoms with Crippen LogP contribution in [0.3, 0.4) is 0 Å². The highest BCUT2D eigenvalue weighted by atomic mass is 16.8. The number of rotatable bonds is 6. The third-order valence-corrected chi connectivity index (χ3v) is 4.96. The van der Waals surface area contributed by atoms with Gasteiger partial charge < -0.3 is 31.0 Å². The van der Waals surface area contributed by atoms with Crippen LogP contribution < -0.4 is 16.8 Å². The Morgan fingerprint density at radius 2 is 2.07 bits per heavy atom. The summed E-state index contributed by atoms with van der Waals surface area (Å²) in [5.74, 6) is -0.574. The van der Waals surface area contributed by atoms with Crippen molar-refractivity contribution in [2.75, 3.05) is 18.8 Å². The number of nitrogens with zero attached hydrogens (tertiary/aromatic N) is 4. The van der Waals surface area contributed by atoms with Gasteiger partial charge in [0.1, 0.15) is 24.1 Å². The van der Waals surface area contributed by atoms with Crippen molar-refractivity contribution >= 4 is 22.9 Å². The Balaban J connectivity index is 1.53. The van der Waals surface area contributed by atoms with E-state index in [9.17, 15) is 4.79 Å². The number of nitrogens with two attached hydrogens (primary N) is 2. The maximum Gasteiger partial charge on any atom is 0.233 e. The number of carbonyl (C=O) groups is 1. The minimum absolute atomic E-state index is 0.0173. The SMILES string of the molecule is CC1(C)O[C@@H]2[C@H](O1)[C@@H](CCCNC(=O)CN)O[C@H]2n1cnc2c(N)ncnc21. The molecule has 0 bridgehead atoms. The molecule has 2 aliphatic heterocycles. The number of nitrogen functional groups attached to an aromatic ring is 1. The molecule has 2 aliphatic rings. The van der Waals surface area contributed by atoms with Crippen molar-refractivity contribution in [3.8, 4) is 0 Å². The molecule has 0 saturated carbocycles. The Kier molecular flexibility index (Phi) is 4.91. The van der Waals surface area contributed by atoms with Gasteiger partial charge in [0, 0.05) is 6.54 Å². The average molecular weight is 391 g/mol. The molecule has 0 aliphatic carbocycles. The van der Waals surface area contributed by atoms with E-state index in [1.807, 2.05) is 18.4 Å². The molecule has 1 amide bonds. The van der Waals surface area contributed by atoms with Gasteiger partial charge in [0.05, 0.1) is 19.0 Å². The predicted octanol–water partition coefficient (Wildman–Crippen LogP) is -0.319. The molecule has 152 valence electrons. The molecule has 2 fully saturated rings. The van der Waals surface area contributed by atoms with Crippen LogP contribution in [0.5, 0.6) is 0 Å². The van der Waals surface area contributed by atoms with Gasteiger partial charge in [-0.15, -0.1) is 0 Å². The van der Waals surface area contributed by atoms with Crippen molar-refractivity contribution in [3.05, 3.63) is 12.7 Å². The molecule has 4 rings (SSSR count). The second kappa shape index (κ2) is 7.24. The fourth-order valence-electron chi connectivity index (χ4n) is 3.77. The maximum absolute atomic E-state index is 11.3. The third kappa shape index (κ3) is 3.41. The Hall–Kier alpha value is -2.34. The van der Waals surface area contributed by atoms with Crippen LogP contribution in [-0.2, 0) is 19.0 Å². The number of carbonyl (C=O) groups excluding carboxylic acids is 1. The largest absolute Gasteiger partial charge is 0.382 e. The maximum atomic E-state index is 11.3. The molecular formula is C17H25N7O4. The van der Waals surface area contributed by atoms with Gasteiger partial charge in [0.2, 0.25) is 5.91 Å². The molecule has 5 N–H and O–H groups in total. The van der Waals surface area contributed by atoms with E-state index in [-0.39, 0.29) is 30.8 Å². The fourth-order valence-corrected chi connectivity index (χ4v) is 3.77. The number of anilines is 1. The molecule has 2 aromatic heterocycles. The number of hydrogen-bond acceptors (Lipinski definition) is 9. The molecule has 2 aromatic rings. The van der Waals surface area contributed by atoms with Crippen molar-refractivity contribution in [1.82, 2.24) is 24.8 Å². The highest BCUT2D eigenvalue weighted by Gasteiger charge is 2.55. The van der Waals surface area contributed by atoms with E-state index < -0.39 is 12.0 Å². The van der Waals surface area contributed by atoms with Crippen LogP contribution in [0.2, 0.25) is 0 Å². The Morgan fingerprint density at radius 3 is 2.86 bits per heavy atom. The van der Waals surface area contributed by atoms with Crippen LogP contribution in [0.1, 0.15) is 32.9 Å². The lowest BCUT2D eigenvalue weighted by Gasteiger charge is -2.24. The van der Waals surface area contributed by atoms with Crippen molar-refractivity contribution in [1.29, 1.82) is 0 Å². The second-order valence-electron chi connectivity index (χ2n) is 7.41. The smallest absolute Gasteiger partial charge is 0.233 e. The van der Waals surface area contributed by atoms with Crippen LogP contribution >= 0.6 is 0 Å². The van der Waals surface area contributed by atoms with Crippen molar-refractivity contribution < 1.29 is 19.0 Å². The van der Waals surface area contributed by atoms with E-state index in [1.165, 1.54) is 6.33 Å². The molecule has 0 aromatic carbocycles. The lowest BCUT2D eigenvalue weighted by atomic mass is 10.1. The van der Waals surface area contributed by atoms with Crippen LogP contribution in [0.4, 0.5) is 5.82 Å². The van der Waals surface area contributed by atoms with Gasteiger partial charge in [-0.2, -0.15) is 0 Å². The lowest BCUT2D eigenvalue weighted by molar-refractivity contribution is -0.197. The zero-order chi connectivity index (χ0) is 19.9. The van der Waals surface area contributed by atoms with Crippen LogP contribution in [0, 0.1) is 0 Å². The minimum Gasteiger partial charge on any atom is -0.382 e. The molecule has 11 heteroatoms. The van der Waals surface area contributed by atoms with E-state index in [0.29, 0.717) is 29.9 Å². The first kappa shape index (κ1) is 19.0. The summed E-state index contributed by atoms with van der Waals surface area (Å²) in [6.45, 7) is 4.27. The molecule has 28 heavy (non-hydrogen) atoms. The molecule has 0 spiro atoms. The first-order chi connectivity index (χ1) is 13.4. The van der Waals surface area contributed by atoms with Gasteiger partial charge in [-0.1, -0.05) is 0 Å². The summed E-state index contributed by atoms with van der Waals surface area (Å²) in [6, 6.07) is 0. The monoisotopic (exact) mass is 391 g/mol. The van der Waals surface area contributed by atoms with Gasteiger partial charge in [-0.25, -0.2) is 15.0 Å². The minimum atomic E-state index is -0.715. The average Bonchev–Trinajstić information content (AvgIpc) is 3.30. The lowest BCUT2D eigenvalue weighted by Crippen LogP contribution is -2.33. The summed E-state index contributed by atoms with van der Waals surface area (Å²) in [7, 11) is 0. The number of hydrogen-bond donors (Lipinski definition) is 3. The summed E-state index contributed by atoms with van der Waals surface area (Å²) in [4.78, 5) is 23.9. The summed E-state index contributed by atoms with van der Waals surface area (Å²) >= 11 is 0. The summed E-state index contributed by atoms with van der Waals surface area (Å²) in [5.41, 5.74) is 12.3. The van der Waals surface area contributed by atoms with E-state index in [2.05, 4.69) is 20.3 Å². The van der Waals surface area contributed by atoms with Gasteiger partial charge in [0.15, 0.2) is 23.5 Å². The van der Waals surface area contributed by atoms with Crippen LogP contribution in [0.15, 0.2) is 12.7 Å². The normalized spacial score (nSPS) is 28.5. The Labute approximate surface area is 161 Å². The molecule has 11 nitrogen and oxygen atoms in total. The van der Waals surface area contributed by atoms with Gasteiger partial charge in [0.25, 0.3) is 0 Å². The zero-order valence-corrected chi connectivity index (χ0v) is 15.9. The standard InChI is InChI=1S/C17H25N7O4/c1-17(2)27-12-9(4-3-5-20-10(25)6-18)26-16(13(12)28-17)24-8-23-11-14(19)21-7-22-15(11)24/h7-9,12-13,16H,3-6,18H2,1-2H3,(H,20,25)(H2,19,21,22)/t9-,12-,13-,16-/m1/s1. The van der Waals surface area contributed by atoms with Crippen LogP contribution in [0.25, 0.3) is 11.2 Å². The number of imidazole rings is 1. The Morgan fingerprint density at radius 1 is 1.29 bits per heavy atom. The molecule has 0 unspecified atom stereocenters. The molecule has 0 radical (unpaired) electrons. The number of ether oxygens (including phenoxy) is 3. The number of aromatic nitrogens is 4. The second-order valence-corrected chi connectivity index (χ2v) is 7.41. The highest BCUT2D eigenvalue weighted by molar-refractivity contribution is 5.81. The van der Waals surface area contributed by atoms with Crippen LogP contribution in [-0.4, -0.2) is 62.6 Å². The van der Waals surface area contributed by atoms with E-state index >= 15 is 0 Å². The first-order valence-electron chi connectivity index (χ1n) is 9.30. The quantitative estimate of drug-likeness (QED) is 0.562. The first-order valence-corrected chi connectivity index (χ1v) is 9.30. The number of fused-ring (bicyclic) bond motifs is 2. The fraction of sp³-hybridized carbons (Fsp3) is 0.647. The summed E-state index contributed by atoms with van der Waals surface area (Å²) in [6.07, 6.45) is 3.28. The third-order valence-electron chi connectivity index (χ3n) is 4.96. The van der Waals surface area contributed by atoms with Crippen molar-refractivity contribution in [3.63, 3.8) is 0 Å². The topological polar surface area (TPSA) is 152 Å². The highest BCUT2D eigenvalue weighted by Crippen LogP contribution is 2.44. The number of nitrogens with one attached hydrogen (secondary N) is 1. The van der Waals surface area contributed by atoms with E-state index in [0.717, 1.165) is 6.42 Å². The van der Waals surface area contributed by atoms with Crippen molar-refractivity contribution in [2.24, 2.45) is 5.73 Å². The molecular weight excluding hydrogens is 366 g/mol. The van der Waals surface area contributed by atoms with Gasteiger partial charge >= 0.3 is 0 Å². The molecule has 4 atom stereocenters. The van der Waals surface area contributed by atoms with Gasteiger partial charge in [-0.3, -0.25) is 9.36 Å². The molecule has 2 saturated heterocycles. The number of amides is 1. The predicted molar refractivity (Wildman–Crippen MR) is 98.8 cm³/mol. The van der Waals surface area contributed by atoms with Crippen molar-refractivity contribution in [2.45, 2.75) is 57.0 Å². The Bertz CT molecular complexity index is 870. The van der Waals surface area contributed by atoms with E-state index in [1.54, 1.807) is 6.33 Å². The molecule has 4 heterocycles. The van der Waals surface area contributed by atoms with E-state index in [4.69, 9.17) is 25.7 Å². The summed E-state index contributed by atoms with van der Waals surface area (Å²) < 4.78 is 20.3.